The molecule has 0 aliphatic rings. The fourth-order valence-electron chi connectivity index (χ4n) is 3.61. The number of hydrogen-bond donors (Lipinski definition) is 1. The first-order chi connectivity index (χ1) is 11.1. The number of likely N-dealkylation sites (N-methyl/N-ethyl adjacent to an activating group) is 1. The number of fused-ring (bicyclic) bond motifs is 1. The van der Waals surface area contributed by atoms with Gasteiger partial charge in [0.2, 0.25) is 0 Å². The van der Waals surface area contributed by atoms with Crippen molar-refractivity contribution in [2.45, 2.75) is 25.6 Å². The molecule has 0 saturated heterocycles. The minimum absolute atomic E-state index is 0. The molecular formula is C20H25ClN2O. The van der Waals surface area contributed by atoms with Crippen LogP contribution in [0.1, 0.15) is 19.4 Å². The quantitative estimate of drug-likeness (QED) is 0.755. The standard InChI is InChI=1S/C20H24N2O.ClH/c1-4-21(3)20(16(2)23,18-11-6-5-7-12-18)22-15-14-17-10-8-9-13-19(17)22;/h5-16,23H,4H2,1-3H3;1H. The number of aromatic nitrogens is 1. The Labute approximate surface area is 149 Å². The average Bonchev–Trinajstić information content (AvgIpc) is 3.00. The third-order valence-electron chi connectivity index (χ3n) is 4.80. The first kappa shape index (κ1) is 18.5. The lowest BCUT2D eigenvalue weighted by Gasteiger charge is -2.46. The molecule has 3 rings (SSSR count). The molecule has 1 heterocycles. The van der Waals surface area contributed by atoms with E-state index in [1.807, 2.05) is 37.3 Å². The van der Waals surface area contributed by atoms with E-state index in [1.54, 1.807) is 0 Å². The van der Waals surface area contributed by atoms with Gasteiger partial charge >= 0.3 is 0 Å². The number of hydrogen-bond acceptors (Lipinski definition) is 2. The van der Waals surface area contributed by atoms with Crippen molar-refractivity contribution in [2.75, 3.05) is 13.6 Å². The fourth-order valence-corrected chi connectivity index (χ4v) is 3.61. The highest BCUT2D eigenvalue weighted by Gasteiger charge is 2.43. The molecule has 0 spiro atoms. The molecule has 24 heavy (non-hydrogen) atoms. The van der Waals surface area contributed by atoms with Crippen molar-refractivity contribution in [3.05, 3.63) is 72.4 Å². The number of aliphatic hydroxyl groups excluding tert-OH is 1. The van der Waals surface area contributed by atoms with Crippen LogP contribution in [0.2, 0.25) is 0 Å². The normalized spacial score (nSPS) is 15.0. The van der Waals surface area contributed by atoms with E-state index in [-0.39, 0.29) is 12.4 Å². The second-order valence-electron chi connectivity index (χ2n) is 6.03. The molecule has 1 aromatic heterocycles. The number of benzene rings is 2. The van der Waals surface area contributed by atoms with Gasteiger partial charge in [0.05, 0.1) is 6.10 Å². The molecule has 128 valence electrons. The maximum Gasteiger partial charge on any atom is 0.149 e. The third-order valence-corrected chi connectivity index (χ3v) is 4.80. The van der Waals surface area contributed by atoms with E-state index < -0.39 is 11.8 Å². The number of rotatable bonds is 5. The summed E-state index contributed by atoms with van der Waals surface area (Å²) in [6.45, 7) is 4.81. The zero-order valence-electron chi connectivity index (χ0n) is 14.4. The Kier molecular flexibility index (Phi) is 5.70. The Morgan fingerprint density at radius 1 is 1.04 bits per heavy atom. The lowest BCUT2D eigenvalue weighted by Crippen LogP contribution is -2.56. The summed E-state index contributed by atoms with van der Waals surface area (Å²) in [6, 6.07) is 20.7. The molecule has 0 aliphatic heterocycles. The van der Waals surface area contributed by atoms with Gasteiger partial charge in [-0.15, -0.1) is 12.4 Å². The van der Waals surface area contributed by atoms with Crippen molar-refractivity contribution in [2.24, 2.45) is 0 Å². The van der Waals surface area contributed by atoms with E-state index in [9.17, 15) is 5.11 Å². The van der Waals surface area contributed by atoms with Gasteiger partial charge in [0.25, 0.3) is 0 Å². The SMILES string of the molecule is CCN(C)C(c1ccccc1)(C(C)O)n1ccc2ccccc21.Cl. The Balaban J connectivity index is 0.00000208. The van der Waals surface area contributed by atoms with Crippen LogP contribution in [-0.4, -0.2) is 34.3 Å². The average molecular weight is 345 g/mol. The number of nitrogens with zero attached hydrogens (tertiary/aromatic N) is 2. The highest BCUT2D eigenvalue weighted by atomic mass is 35.5. The zero-order valence-corrected chi connectivity index (χ0v) is 15.2. The van der Waals surface area contributed by atoms with Crippen LogP contribution in [0.15, 0.2) is 66.9 Å². The van der Waals surface area contributed by atoms with Crippen molar-refractivity contribution in [1.29, 1.82) is 0 Å². The van der Waals surface area contributed by atoms with Gasteiger partial charge in [-0.3, -0.25) is 4.90 Å². The predicted octanol–water partition coefficient (Wildman–Crippen LogP) is 4.10. The van der Waals surface area contributed by atoms with Crippen LogP contribution in [-0.2, 0) is 5.66 Å². The van der Waals surface area contributed by atoms with Gasteiger partial charge in [0.1, 0.15) is 5.66 Å². The van der Waals surface area contributed by atoms with E-state index in [2.05, 4.69) is 60.0 Å². The maximum atomic E-state index is 10.9. The molecule has 4 heteroatoms. The van der Waals surface area contributed by atoms with Gasteiger partial charge in [-0.1, -0.05) is 55.5 Å². The molecule has 3 aromatic rings. The summed E-state index contributed by atoms with van der Waals surface area (Å²) in [5.74, 6) is 0. The van der Waals surface area contributed by atoms with Gasteiger partial charge in [0.15, 0.2) is 0 Å². The minimum Gasteiger partial charge on any atom is -0.389 e. The van der Waals surface area contributed by atoms with E-state index in [4.69, 9.17) is 0 Å². The summed E-state index contributed by atoms with van der Waals surface area (Å²) in [5.41, 5.74) is 1.57. The first-order valence-corrected chi connectivity index (χ1v) is 8.13. The van der Waals surface area contributed by atoms with E-state index in [1.165, 1.54) is 5.39 Å². The van der Waals surface area contributed by atoms with Gasteiger partial charge in [0, 0.05) is 11.7 Å². The number of para-hydroxylation sites is 1. The van der Waals surface area contributed by atoms with Crippen molar-refractivity contribution in [3.63, 3.8) is 0 Å². The van der Waals surface area contributed by atoms with E-state index in [0.29, 0.717) is 0 Å². The molecule has 0 saturated carbocycles. The van der Waals surface area contributed by atoms with Crippen LogP contribution in [0.25, 0.3) is 10.9 Å². The zero-order chi connectivity index (χ0) is 16.4. The van der Waals surface area contributed by atoms with Crippen molar-refractivity contribution in [3.8, 4) is 0 Å². The highest BCUT2D eigenvalue weighted by Crippen LogP contribution is 2.36. The summed E-state index contributed by atoms with van der Waals surface area (Å²) >= 11 is 0. The Bertz CT molecular complexity index is 784. The van der Waals surface area contributed by atoms with Crippen LogP contribution in [0, 0.1) is 0 Å². The van der Waals surface area contributed by atoms with Gasteiger partial charge in [-0.25, -0.2) is 0 Å². The van der Waals surface area contributed by atoms with Gasteiger partial charge < -0.3 is 9.67 Å². The predicted molar refractivity (Wildman–Crippen MR) is 103 cm³/mol. The van der Waals surface area contributed by atoms with Crippen LogP contribution in [0.5, 0.6) is 0 Å². The van der Waals surface area contributed by atoms with Crippen molar-refractivity contribution in [1.82, 2.24) is 9.47 Å². The van der Waals surface area contributed by atoms with Crippen LogP contribution >= 0.6 is 12.4 Å². The maximum absolute atomic E-state index is 10.9. The summed E-state index contributed by atoms with van der Waals surface area (Å²) in [4.78, 5) is 2.21. The van der Waals surface area contributed by atoms with Crippen molar-refractivity contribution < 1.29 is 5.11 Å². The Morgan fingerprint density at radius 2 is 1.67 bits per heavy atom. The first-order valence-electron chi connectivity index (χ1n) is 8.13. The van der Waals surface area contributed by atoms with Crippen LogP contribution < -0.4 is 0 Å². The molecule has 0 radical (unpaired) electrons. The topological polar surface area (TPSA) is 28.4 Å². The summed E-state index contributed by atoms with van der Waals surface area (Å²) in [6.07, 6.45) is 1.50. The van der Waals surface area contributed by atoms with Gasteiger partial charge in [-0.2, -0.15) is 0 Å². The molecule has 2 aromatic carbocycles. The molecule has 3 nitrogen and oxygen atoms in total. The molecular weight excluding hydrogens is 320 g/mol. The largest absolute Gasteiger partial charge is 0.389 e. The highest BCUT2D eigenvalue weighted by molar-refractivity contribution is 5.85. The fraction of sp³-hybridized carbons (Fsp3) is 0.300. The summed E-state index contributed by atoms with van der Waals surface area (Å²) in [5, 5.41) is 12.1. The Morgan fingerprint density at radius 3 is 2.29 bits per heavy atom. The monoisotopic (exact) mass is 344 g/mol. The number of halogens is 1. The molecule has 0 fully saturated rings. The Hall–Kier alpha value is -1.81. The second kappa shape index (κ2) is 7.39. The van der Waals surface area contributed by atoms with E-state index >= 15 is 0 Å². The molecule has 2 unspecified atom stereocenters. The van der Waals surface area contributed by atoms with Gasteiger partial charge in [-0.05, 0) is 43.6 Å². The minimum atomic E-state index is -0.640. The molecule has 0 bridgehead atoms. The van der Waals surface area contributed by atoms with Crippen molar-refractivity contribution >= 4 is 23.3 Å². The molecule has 1 N–H and O–H groups in total. The molecule has 0 aliphatic carbocycles. The lowest BCUT2D eigenvalue weighted by atomic mass is 9.91. The number of aliphatic hydroxyl groups is 1. The lowest BCUT2D eigenvalue weighted by molar-refractivity contribution is -0.0302. The van der Waals surface area contributed by atoms with Crippen LogP contribution in [0.3, 0.4) is 0 Å². The van der Waals surface area contributed by atoms with Crippen LogP contribution in [0.4, 0.5) is 0 Å². The van der Waals surface area contributed by atoms with E-state index in [0.717, 1.165) is 17.6 Å². The summed E-state index contributed by atoms with van der Waals surface area (Å²) < 4.78 is 2.20. The second-order valence-corrected chi connectivity index (χ2v) is 6.03. The summed E-state index contributed by atoms with van der Waals surface area (Å²) in [7, 11) is 2.06. The molecule has 0 amide bonds. The smallest absolute Gasteiger partial charge is 0.149 e. The third kappa shape index (κ3) is 2.73. The molecule has 2 atom stereocenters.